The van der Waals surface area contributed by atoms with Crippen molar-refractivity contribution in [1.82, 2.24) is 10.3 Å². The van der Waals surface area contributed by atoms with E-state index in [1.165, 1.54) is 11.3 Å². The molecular weight excluding hydrogens is 414 g/mol. The molecule has 31 heavy (non-hydrogen) atoms. The zero-order valence-electron chi connectivity index (χ0n) is 20.4. The Kier molecular flexibility index (Phi) is 10.6. The second-order valence-corrected chi connectivity index (χ2v) is 11.0. The number of aliphatic hydroxyl groups excluding tert-OH is 1. The Labute approximate surface area is 191 Å². The fourth-order valence-electron chi connectivity index (χ4n) is 3.04. The molecule has 178 valence electrons. The number of methoxy groups -OCH3 is 1. The molecule has 1 aromatic heterocycles. The first-order chi connectivity index (χ1) is 14.3. The van der Waals surface area contributed by atoms with Gasteiger partial charge in [0.15, 0.2) is 5.13 Å². The fourth-order valence-corrected chi connectivity index (χ4v) is 3.95. The third-order valence-electron chi connectivity index (χ3n) is 5.49. The SMILES string of the molecule is CCC[C@H](NC(=O)[C@@H](O)C(C)(C)C)C(=O)Nc1ncc([C@H](C)CCCC(C)(C)OC)s1. The van der Waals surface area contributed by atoms with Gasteiger partial charge in [-0.05, 0) is 50.9 Å². The van der Waals surface area contributed by atoms with E-state index in [9.17, 15) is 14.7 Å². The molecule has 0 saturated heterocycles. The van der Waals surface area contributed by atoms with E-state index < -0.39 is 23.5 Å². The van der Waals surface area contributed by atoms with Crippen molar-refractivity contribution in [3.05, 3.63) is 11.1 Å². The first-order valence-corrected chi connectivity index (χ1v) is 11.9. The molecule has 0 aliphatic heterocycles. The highest BCUT2D eigenvalue weighted by molar-refractivity contribution is 7.15. The van der Waals surface area contributed by atoms with Crippen molar-refractivity contribution in [1.29, 1.82) is 0 Å². The minimum atomic E-state index is -1.19. The topological polar surface area (TPSA) is 101 Å². The molecule has 1 aromatic rings. The average molecular weight is 456 g/mol. The van der Waals surface area contributed by atoms with Gasteiger partial charge in [-0.15, -0.1) is 11.3 Å². The Morgan fingerprint density at radius 3 is 2.39 bits per heavy atom. The number of aromatic nitrogens is 1. The summed E-state index contributed by atoms with van der Waals surface area (Å²) < 4.78 is 5.47. The van der Waals surface area contributed by atoms with E-state index in [1.54, 1.807) is 27.9 Å². The molecule has 0 unspecified atom stereocenters. The number of anilines is 1. The number of nitrogens with zero attached hydrogens (tertiary/aromatic N) is 1. The van der Waals surface area contributed by atoms with Gasteiger partial charge in [-0.3, -0.25) is 9.59 Å². The third kappa shape index (κ3) is 9.25. The number of carbonyl (C=O) groups is 2. The fraction of sp³-hybridized carbons (Fsp3) is 0.783. The number of nitrogens with one attached hydrogen (secondary N) is 2. The summed E-state index contributed by atoms with van der Waals surface area (Å²) in [5.41, 5.74) is -0.720. The second-order valence-electron chi connectivity index (χ2n) is 9.93. The highest BCUT2D eigenvalue weighted by atomic mass is 32.1. The van der Waals surface area contributed by atoms with Crippen LogP contribution in [0.1, 0.15) is 91.4 Å². The number of aliphatic hydroxyl groups is 1. The summed E-state index contributed by atoms with van der Waals surface area (Å²) in [6.07, 6.45) is 4.87. The van der Waals surface area contributed by atoms with Crippen molar-refractivity contribution in [3.63, 3.8) is 0 Å². The molecule has 3 atom stereocenters. The molecule has 0 aliphatic carbocycles. The van der Waals surface area contributed by atoms with Crippen LogP contribution in [0.25, 0.3) is 0 Å². The van der Waals surface area contributed by atoms with E-state index in [0.717, 1.165) is 30.6 Å². The molecule has 0 bridgehead atoms. The first-order valence-electron chi connectivity index (χ1n) is 11.1. The maximum absolute atomic E-state index is 12.8. The Morgan fingerprint density at radius 1 is 1.19 bits per heavy atom. The van der Waals surface area contributed by atoms with Gasteiger partial charge in [0, 0.05) is 18.2 Å². The predicted octanol–water partition coefficient (Wildman–Crippen LogP) is 4.47. The van der Waals surface area contributed by atoms with Crippen LogP contribution in [0.4, 0.5) is 5.13 Å². The molecule has 0 saturated carbocycles. The van der Waals surface area contributed by atoms with Crippen LogP contribution in [0.5, 0.6) is 0 Å². The first kappa shape index (κ1) is 27.5. The molecule has 2 amide bonds. The van der Waals surface area contributed by atoms with Crippen molar-refractivity contribution in [2.45, 2.75) is 104 Å². The normalized spacial score (nSPS) is 15.3. The Hall–Kier alpha value is -1.51. The van der Waals surface area contributed by atoms with Crippen LogP contribution in [-0.2, 0) is 14.3 Å². The molecule has 1 rings (SSSR count). The predicted molar refractivity (Wildman–Crippen MR) is 126 cm³/mol. The van der Waals surface area contributed by atoms with Crippen molar-refractivity contribution in [2.24, 2.45) is 5.41 Å². The monoisotopic (exact) mass is 455 g/mol. The van der Waals surface area contributed by atoms with E-state index >= 15 is 0 Å². The van der Waals surface area contributed by atoms with Crippen LogP contribution < -0.4 is 10.6 Å². The number of thiazole rings is 1. The smallest absolute Gasteiger partial charge is 0.250 e. The lowest BCUT2D eigenvalue weighted by atomic mass is 9.88. The molecule has 7 nitrogen and oxygen atoms in total. The average Bonchev–Trinajstić information content (AvgIpc) is 3.14. The summed E-state index contributed by atoms with van der Waals surface area (Å²) >= 11 is 1.46. The third-order valence-corrected chi connectivity index (χ3v) is 6.63. The molecule has 0 aliphatic rings. The number of ether oxygens (including phenoxy) is 1. The zero-order valence-corrected chi connectivity index (χ0v) is 21.2. The summed E-state index contributed by atoms with van der Waals surface area (Å²) in [6.45, 7) is 13.6. The van der Waals surface area contributed by atoms with Gasteiger partial charge >= 0.3 is 0 Å². The Morgan fingerprint density at radius 2 is 1.84 bits per heavy atom. The minimum Gasteiger partial charge on any atom is -0.383 e. The standard InChI is InChI=1S/C23H41N3O4S/c1-9-11-16(25-20(29)18(27)22(3,4)5)19(28)26-21-24-14-17(31-21)15(2)12-10-13-23(6,7)30-8/h14-16,18,27H,9-13H2,1-8H3,(H,25,29)(H,24,26,28)/t15-,16+,18-/m1/s1. The number of hydrogen-bond donors (Lipinski definition) is 3. The van der Waals surface area contributed by atoms with E-state index in [2.05, 4.69) is 36.4 Å². The molecule has 3 N–H and O–H groups in total. The molecule has 0 radical (unpaired) electrons. The van der Waals surface area contributed by atoms with Gasteiger partial charge in [0.1, 0.15) is 12.1 Å². The Balaban J connectivity index is 2.68. The van der Waals surface area contributed by atoms with Crippen molar-refractivity contribution < 1.29 is 19.4 Å². The lowest BCUT2D eigenvalue weighted by Crippen LogP contribution is -2.50. The largest absolute Gasteiger partial charge is 0.383 e. The van der Waals surface area contributed by atoms with Crippen LogP contribution in [0.2, 0.25) is 0 Å². The maximum Gasteiger partial charge on any atom is 0.250 e. The van der Waals surface area contributed by atoms with Gasteiger partial charge in [0.2, 0.25) is 11.8 Å². The molecule has 0 aromatic carbocycles. The van der Waals surface area contributed by atoms with Crippen molar-refractivity contribution >= 4 is 28.3 Å². The van der Waals surface area contributed by atoms with E-state index in [4.69, 9.17) is 4.74 Å². The van der Waals surface area contributed by atoms with Gasteiger partial charge in [0.05, 0.1) is 5.60 Å². The highest BCUT2D eigenvalue weighted by Crippen LogP contribution is 2.30. The van der Waals surface area contributed by atoms with Crippen molar-refractivity contribution in [2.75, 3.05) is 12.4 Å². The lowest BCUT2D eigenvalue weighted by Gasteiger charge is -2.26. The molecule has 0 fully saturated rings. The van der Waals surface area contributed by atoms with E-state index in [1.807, 2.05) is 13.1 Å². The summed E-state index contributed by atoms with van der Waals surface area (Å²) in [5, 5.41) is 16.2. The quantitative estimate of drug-likeness (QED) is 0.432. The van der Waals surface area contributed by atoms with Crippen LogP contribution >= 0.6 is 11.3 Å². The molecule has 1 heterocycles. The highest BCUT2D eigenvalue weighted by Gasteiger charge is 2.32. The minimum absolute atomic E-state index is 0.119. The summed E-state index contributed by atoms with van der Waals surface area (Å²) in [7, 11) is 1.74. The van der Waals surface area contributed by atoms with E-state index in [0.29, 0.717) is 17.5 Å². The lowest BCUT2D eigenvalue weighted by molar-refractivity contribution is -0.137. The van der Waals surface area contributed by atoms with E-state index in [-0.39, 0.29) is 11.5 Å². The molecular formula is C23H41N3O4S. The number of amides is 2. The maximum atomic E-state index is 12.8. The van der Waals surface area contributed by atoms with Gasteiger partial charge in [-0.1, -0.05) is 41.0 Å². The molecule has 0 spiro atoms. The second kappa shape index (κ2) is 11.9. The van der Waals surface area contributed by atoms with Crippen LogP contribution in [0, 0.1) is 5.41 Å². The number of carbonyl (C=O) groups excluding carboxylic acids is 2. The van der Waals surface area contributed by atoms with Gasteiger partial charge in [0.25, 0.3) is 0 Å². The summed E-state index contributed by atoms with van der Waals surface area (Å²) in [4.78, 5) is 30.6. The Bertz CT molecular complexity index is 712. The van der Waals surface area contributed by atoms with Crippen molar-refractivity contribution in [3.8, 4) is 0 Å². The molecule has 8 heteroatoms. The van der Waals surface area contributed by atoms with Gasteiger partial charge in [-0.25, -0.2) is 4.98 Å². The van der Waals surface area contributed by atoms with Gasteiger partial charge < -0.3 is 20.5 Å². The summed E-state index contributed by atoms with van der Waals surface area (Å²) in [5.74, 6) is -0.510. The van der Waals surface area contributed by atoms with Crippen LogP contribution in [0.15, 0.2) is 6.20 Å². The number of hydrogen-bond acceptors (Lipinski definition) is 6. The number of rotatable bonds is 12. The van der Waals surface area contributed by atoms with Crippen LogP contribution in [0.3, 0.4) is 0 Å². The summed E-state index contributed by atoms with van der Waals surface area (Å²) in [6, 6.07) is -0.712. The van der Waals surface area contributed by atoms with Gasteiger partial charge in [-0.2, -0.15) is 0 Å². The van der Waals surface area contributed by atoms with Crippen LogP contribution in [-0.4, -0.2) is 46.8 Å². The zero-order chi connectivity index (χ0) is 23.8.